The number of aromatic amines is 1. The Kier molecular flexibility index (Phi) is 2.97. The highest BCUT2D eigenvalue weighted by Crippen LogP contribution is 2.04. The molecule has 2 aromatic heterocycles. The third-order valence-corrected chi connectivity index (χ3v) is 2.32. The van der Waals surface area contributed by atoms with Crippen molar-refractivity contribution in [1.29, 1.82) is 5.41 Å². The Morgan fingerprint density at radius 2 is 2.31 bits per heavy atom. The molecule has 2 rings (SSSR count). The van der Waals surface area contributed by atoms with Crippen LogP contribution in [0.2, 0.25) is 0 Å². The Balaban J connectivity index is 2.34. The smallest absolute Gasteiger partial charge is 0.173 e. The lowest BCUT2D eigenvalue weighted by Crippen LogP contribution is -2.20. The lowest BCUT2D eigenvalue weighted by molar-refractivity contribution is 0.117. The Labute approximate surface area is 90.9 Å². The molecular weight excluding hydrogens is 210 g/mol. The minimum atomic E-state index is -0.645. The average Bonchev–Trinajstić information content (AvgIpc) is 2.72. The fraction of sp³-hybridized carbons (Fsp3) is 0.444. The van der Waals surface area contributed by atoms with Crippen molar-refractivity contribution in [2.24, 2.45) is 0 Å². The molecule has 7 nitrogen and oxygen atoms in total. The Hall–Kier alpha value is -1.73. The van der Waals surface area contributed by atoms with Crippen molar-refractivity contribution in [2.45, 2.75) is 19.1 Å². The van der Waals surface area contributed by atoms with Crippen molar-refractivity contribution in [3.63, 3.8) is 0 Å². The van der Waals surface area contributed by atoms with Crippen LogP contribution in [0, 0.1) is 5.41 Å². The largest absolute Gasteiger partial charge is 0.396 e. The molecule has 0 aliphatic rings. The lowest BCUT2D eigenvalue weighted by atomic mass is 10.2. The topological polar surface area (TPSA) is 111 Å². The molecule has 1 unspecified atom stereocenters. The summed E-state index contributed by atoms with van der Waals surface area (Å²) in [6, 6.07) is 0. The minimum absolute atomic E-state index is 0.0601. The highest BCUT2D eigenvalue weighted by molar-refractivity contribution is 5.68. The molecule has 0 aliphatic carbocycles. The number of nitrogens with one attached hydrogen (secondary N) is 2. The molecule has 1 atom stereocenters. The zero-order chi connectivity index (χ0) is 11.5. The molecule has 0 aliphatic heterocycles. The average molecular weight is 223 g/mol. The molecule has 0 saturated heterocycles. The molecule has 0 fully saturated rings. The number of fused-ring (bicyclic) bond motifs is 1. The second kappa shape index (κ2) is 4.42. The van der Waals surface area contributed by atoms with Gasteiger partial charge in [0.2, 0.25) is 0 Å². The molecule has 4 N–H and O–H groups in total. The summed E-state index contributed by atoms with van der Waals surface area (Å²) in [6.07, 6.45) is 2.61. The standard InChI is InChI=1S/C9H13N5O2/c10-8-7-9(12-4-11-7)14(5-13-8)3-6(16)1-2-15/h4-6,10,15-16H,1-3H2,(H,11,12). The second-order valence-electron chi connectivity index (χ2n) is 3.51. The first-order valence-corrected chi connectivity index (χ1v) is 4.94. The van der Waals surface area contributed by atoms with E-state index < -0.39 is 6.10 Å². The summed E-state index contributed by atoms with van der Waals surface area (Å²) in [5.74, 6) is 0. The van der Waals surface area contributed by atoms with Crippen molar-refractivity contribution in [3.05, 3.63) is 18.1 Å². The van der Waals surface area contributed by atoms with Crippen LogP contribution in [-0.4, -0.2) is 42.4 Å². The van der Waals surface area contributed by atoms with Gasteiger partial charge in [0.15, 0.2) is 11.1 Å². The van der Waals surface area contributed by atoms with Crippen LogP contribution in [0.5, 0.6) is 0 Å². The first kappa shape index (κ1) is 10.8. The summed E-state index contributed by atoms with van der Waals surface area (Å²) < 4.78 is 1.66. The zero-order valence-electron chi connectivity index (χ0n) is 8.59. The Morgan fingerprint density at radius 3 is 3.06 bits per heavy atom. The van der Waals surface area contributed by atoms with Gasteiger partial charge in [0, 0.05) is 6.61 Å². The molecule has 0 bridgehead atoms. The maximum atomic E-state index is 9.58. The molecule has 2 aromatic rings. The van der Waals surface area contributed by atoms with Crippen LogP contribution in [0.1, 0.15) is 6.42 Å². The zero-order valence-corrected chi connectivity index (χ0v) is 8.59. The number of hydrogen-bond donors (Lipinski definition) is 4. The van der Waals surface area contributed by atoms with Crippen molar-refractivity contribution >= 4 is 11.2 Å². The first-order chi connectivity index (χ1) is 7.72. The van der Waals surface area contributed by atoms with Gasteiger partial charge >= 0.3 is 0 Å². The van der Waals surface area contributed by atoms with Crippen molar-refractivity contribution < 1.29 is 10.2 Å². The number of aromatic nitrogens is 4. The normalized spacial score (nSPS) is 13.1. The van der Waals surface area contributed by atoms with E-state index >= 15 is 0 Å². The molecule has 0 amide bonds. The van der Waals surface area contributed by atoms with Gasteiger partial charge in [-0.1, -0.05) is 0 Å². The highest BCUT2D eigenvalue weighted by atomic mass is 16.3. The van der Waals surface area contributed by atoms with Gasteiger partial charge in [-0.25, -0.2) is 9.97 Å². The number of imidazole rings is 1. The van der Waals surface area contributed by atoms with Crippen LogP contribution in [-0.2, 0) is 6.54 Å². The number of rotatable bonds is 4. The van der Waals surface area contributed by atoms with Crippen LogP contribution in [0.15, 0.2) is 12.7 Å². The Bertz CT molecular complexity index is 532. The molecule has 2 heterocycles. The molecular formula is C9H13N5O2. The van der Waals surface area contributed by atoms with Gasteiger partial charge in [0.05, 0.1) is 25.3 Å². The van der Waals surface area contributed by atoms with Gasteiger partial charge in [0.25, 0.3) is 0 Å². The first-order valence-electron chi connectivity index (χ1n) is 4.94. The molecule has 0 saturated carbocycles. The van der Waals surface area contributed by atoms with E-state index in [1.54, 1.807) is 4.57 Å². The molecule has 7 heteroatoms. The Morgan fingerprint density at radius 1 is 1.50 bits per heavy atom. The summed E-state index contributed by atoms with van der Waals surface area (Å²) >= 11 is 0. The van der Waals surface area contributed by atoms with E-state index in [1.807, 2.05) is 0 Å². The van der Waals surface area contributed by atoms with Gasteiger partial charge in [-0.2, -0.15) is 0 Å². The van der Waals surface area contributed by atoms with E-state index in [9.17, 15) is 5.11 Å². The van der Waals surface area contributed by atoms with Gasteiger partial charge in [0.1, 0.15) is 5.52 Å². The van der Waals surface area contributed by atoms with Gasteiger partial charge in [-0.3, -0.25) is 5.41 Å². The van der Waals surface area contributed by atoms with E-state index in [4.69, 9.17) is 10.5 Å². The monoisotopic (exact) mass is 223 g/mol. The second-order valence-corrected chi connectivity index (χ2v) is 3.51. The summed E-state index contributed by atoms with van der Waals surface area (Å²) in [7, 11) is 0. The van der Waals surface area contributed by atoms with Crippen LogP contribution >= 0.6 is 0 Å². The predicted molar refractivity (Wildman–Crippen MR) is 55.4 cm³/mol. The van der Waals surface area contributed by atoms with Crippen molar-refractivity contribution in [3.8, 4) is 0 Å². The lowest BCUT2D eigenvalue weighted by Gasteiger charge is -2.11. The SMILES string of the molecule is N=c1ncn(CC(O)CCO)c2nc[nH]c12. The third kappa shape index (κ3) is 1.95. The van der Waals surface area contributed by atoms with Crippen molar-refractivity contribution in [2.75, 3.05) is 6.61 Å². The minimum Gasteiger partial charge on any atom is -0.396 e. The summed E-state index contributed by atoms with van der Waals surface area (Å²) in [5, 5.41) is 25.8. The quantitative estimate of drug-likeness (QED) is 0.531. The van der Waals surface area contributed by atoms with E-state index in [1.165, 1.54) is 12.7 Å². The van der Waals surface area contributed by atoms with Crippen LogP contribution in [0.4, 0.5) is 0 Å². The highest BCUT2D eigenvalue weighted by Gasteiger charge is 2.08. The fourth-order valence-electron chi connectivity index (χ4n) is 1.53. The number of nitrogens with zero attached hydrogens (tertiary/aromatic N) is 3. The number of aliphatic hydroxyl groups excluding tert-OH is 2. The molecule has 0 radical (unpaired) electrons. The van der Waals surface area contributed by atoms with Crippen LogP contribution in [0.3, 0.4) is 0 Å². The number of hydrogen-bond acceptors (Lipinski definition) is 5. The predicted octanol–water partition coefficient (Wildman–Crippen LogP) is -1.02. The summed E-state index contributed by atoms with van der Waals surface area (Å²) in [4.78, 5) is 10.8. The maximum absolute atomic E-state index is 9.58. The van der Waals surface area contributed by atoms with Crippen molar-refractivity contribution in [1.82, 2.24) is 19.5 Å². The molecule has 0 spiro atoms. The summed E-state index contributed by atoms with van der Waals surface area (Å²) in [5.41, 5.74) is 1.25. The number of H-pyrrole nitrogens is 1. The van der Waals surface area contributed by atoms with Gasteiger partial charge in [-0.05, 0) is 6.42 Å². The number of aliphatic hydroxyl groups is 2. The third-order valence-electron chi connectivity index (χ3n) is 2.32. The summed E-state index contributed by atoms with van der Waals surface area (Å²) in [6.45, 7) is 0.241. The van der Waals surface area contributed by atoms with Gasteiger partial charge < -0.3 is 19.8 Å². The van der Waals surface area contributed by atoms with Crippen LogP contribution in [0.25, 0.3) is 11.2 Å². The molecule has 0 aromatic carbocycles. The van der Waals surface area contributed by atoms with E-state index in [0.29, 0.717) is 24.1 Å². The maximum Gasteiger partial charge on any atom is 0.173 e. The van der Waals surface area contributed by atoms with E-state index in [-0.39, 0.29) is 12.1 Å². The van der Waals surface area contributed by atoms with Crippen LogP contribution < -0.4 is 5.49 Å². The fourth-order valence-corrected chi connectivity index (χ4v) is 1.53. The molecule has 86 valence electrons. The van der Waals surface area contributed by atoms with E-state index in [2.05, 4.69) is 15.0 Å². The van der Waals surface area contributed by atoms with E-state index in [0.717, 1.165) is 0 Å². The van der Waals surface area contributed by atoms with Gasteiger partial charge in [-0.15, -0.1) is 0 Å². The molecule has 16 heavy (non-hydrogen) atoms.